The molecule has 0 atom stereocenters. The number of hydrogen-bond donors (Lipinski definition) is 0. The largest absolute Gasteiger partial charge is 1.00 e. The second kappa shape index (κ2) is 7.03. The number of fused-ring (bicyclic) bond motifs is 2. The predicted molar refractivity (Wildman–Crippen MR) is 108 cm³/mol. The Balaban J connectivity index is 0.00000196. The summed E-state index contributed by atoms with van der Waals surface area (Å²) in [6.07, 6.45) is 0. The van der Waals surface area contributed by atoms with Crippen molar-refractivity contribution in [3.05, 3.63) is 82.9 Å². The molecule has 128 valence electrons. The molecule has 0 unspecified atom stereocenters. The monoisotopic (exact) mass is 415 g/mol. The van der Waals surface area contributed by atoms with Gasteiger partial charge in [-0.25, -0.2) is 0 Å². The van der Waals surface area contributed by atoms with Crippen molar-refractivity contribution in [1.29, 1.82) is 0 Å². The first-order valence-electron chi connectivity index (χ1n) is 8.83. The maximum absolute atomic E-state index is 2.43. The van der Waals surface area contributed by atoms with Gasteiger partial charge in [0, 0.05) is 0 Å². The molecule has 0 radical (unpaired) electrons. The molecule has 0 spiro atoms. The van der Waals surface area contributed by atoms with Crippen molar-refractivity contribution >= 4 is 42.5 Å². The Morgan fingerprint density at radius 3 is 1.65 bits per heavy atom. The molecule has 3 aromatic carbocycles. The molecule has 1 heterocycles. The first kappa shape index (κ1) is 19.5. The standard InChI is InChI=1S/C23H22N.BrH.Mg/c1-16-13-17(2)15-18(14-16)24-21-11-7-5-9-19(21)23(3,4)20-10-6-8-12-22(20)24;;/h5-12,14-15H,1-4H3;1H;/q;;+1/p-1. The molecule has 0 saturated heterocycles. The molecule has 1 aliphatic heterocycles. The maximum atomic E-state index is 2.43. The van der Waals surface area contributed by atoms with E-state index in [0.717, 1.165) is 0 Å². The van der Waals surface area contributed by atoms with E-state index in [1.807, 2.05) is 21.7 Å². The van der Waals surface area contributed by atoms with Gasteiger partial charge in [0.25, 0.3) is 0 Å². The Morgan fingerprint density at radius 1 is 0.769 bits per heavy atom. The molecule has 0 N–H and O–H groups in total. The number of rotatable bonds is 1. The van der Waals surface area contributed by atoms with Crippen LogP contribution in [0.3, 0.4) is 0 Å². The van der Waals surface area contributed by atoms with Gasteiger partial charge in [-0.3, -0.25) is 0 Å². The molecule has 3 aromatic rings. The second-order valence-electron chi connectivity index (χ2n) is 7.55. The van der Waals surface area contributed by atoms with Crippen molar-refractivity contribution in [3.8, 4) is 0 Å². The topological polar surface area (TPSA) is 3.24 Å². The third kappa shape index (κ3) is 2.90. The number of hydrogen-bond acceptors (Lipinski definition) is 1. The van der Waals surface area contributed by atoms with Crippen LogP contribution in [0.15, 0.2) is 60.7 Å². The quantitative estimate of drug-likeness (QED) is 0.550. The Labute approximate surface area is 179 Å². The number of nitrogens with zero attached hydrogens (tertiary/aromatic N) is 1. The number of halogens is 1. The normalized spacial score (nSPS) is 14.3. The van der Waals surface area contributed by atoms with Crippen LogP contribution in [0, 0.1) is 13.8 Å². The zero-order valence-corrected chi connectivity index (χ0v) is 18.8. The van der Waals surface area contributed by atoms with Gasteiger partial charge in [0.05, 0.1) is 0 Å². The Morgan fingerprint density at radius 2 is 1.19 bits per heavy atom. The first-order valence-corrected chi connectivity index (χ1v) is 9.54. The molecular weight excluding hydrogens is 394 g/mol. The van der Waals surface area contributed by atoms with Crippen LogP contribution < -0.4 is 25.6 Å². The van der Waals surface area contributed by atoms with E-state index in [-0.39, 0.29) is 22.4 Å². The summed E-state index contributed by atoms with van der Waals surface area (Å²) in [4.78, 5) is 2.43. The molecule has 4 rings (SSSR count). The van der Waals surface area contributed by atoms with Crippen molar-refractivity contribution in [1.82, 2.24) is 0 Å². The number of aryl methyl sites for hydroxylation is 2. The van der Waals surface area contributed by atoms with E-state index in [2.05, 4.69) is 93.3 Å². The van der Waals surface area contributed by atoms with E-state index in [9.17, 15) is 0 Å². The van der Waals surface area contributed by atoms with Crippen LogP contribution in [-0.2, 0) is 5.41 Å². The molecule has 1 nitrogen and oxygen atoms in total. The maximum Gasteiger partial charge on any atom is -1.00 e. The average molecular weight is 417 g/mol. The van der Waals surface area contributed by atoms with Crippen molar-refractivity contribution in [2.45, 2.75) is 33.1 Å². The average Bonchev–Trinajstić information content (AvgIpc) is 2.60. The molecule has 26 heavy (non-hydrogen) atoms. The molecule has 0 amide bonds. The van der Waals surface area contributed by atoms with E-state index in [4.69, 9.17) is 0 Å². The molecular formula is C23H22BrMgN. The fourth-order valence-electron chi connectivity index (χ4n) is 4.05. The number of para-hydroxylation sites is 2. The smallest absolute Gasteiger partial charge is 1.00 e. The summed E-state index contributed by atoms with van der Waals surface area (Å²) in [7, 11) is 0. The minimum absolute atomic E-state index is 0. The van der Waals surface area contributed by atoms with Gasteiger partial charge in [0.15, 0.2) is 0 Å². The third-order valence-corrected chi connectivity index (χ3v) is 6.69. The minimum Gasteiger partial charge on any atom is -1.00 e. The Kier molecular flexibility index (Phi) is 5.26. The molecule has 1 aliphatic rings. The summed E-state index contributed by atoms with van der Waals surface area (Å²) in [5.74, 6) is 0. The van der Waals surface area contributed by atoms with Gasteiger partial charge >= 0.3 is 163 Å². The zero-order chi connectivity index (χ0) is 17.8. The van der Waals surface area contributed by atoms with Gasteiger partial charge in [0.1, 0.15) is 0 Å². The molecule has 0 aromatic heterocycles. The van der Waals surface area contributed by atoms with E-state index >= 15 is 0 Å². The van der Waals surface area contributed by atoms with Crippen molar-refractivity contribution in [2.24, 2.45) is 0 Å². The van der Waals surface area contributed by atoms with Crippen LogP contribution >= 0.6 is 0 Å². The minimum atomic E-state index is -0.000143. The van der Waals surface area contributed by atoms with Crippen LogP contribution in [0.5, 0.6) is 0 Å². The van der Waals surface area contributed by atoms with Crippen LogP contribution in [0.2, 0.25) is 0 Å². The second-order valence-corrected chi connectivity index (χ2v) is 8.26. The fourth-order valence-corrected chi connectivity index (χ4v) is 4.25. The summed E-state index contributed by atoms with van der Waals surface area (Å²) in [6, 6.07) is 22.3. The molecule has 0 saturated carbocycles. The molecule has 0 bridgehead atoms. The van der Waals surface area contributed by atoms with Gasteiger partial charge in [-0.15, -0.1) is 0 Å². The first-order chi connectivity index (χ1) is 11.9. The summed E-state index contributed by atoms with van der Waals surface area (Å²) in [5.41, 5.74) is 9.30. The number of benzene rings is 3. The number of anilines is 3. The SMILES string of the molecule is Cc1cc(N2c3ccccc3C(C)(C)c3ccccc32)cc(C)[c]1[Mg+].[Br-]. The fraction of sp³-hybridized carbons (Fsp3) is 0.217. The van der Waals surface area contributed by atoms with E-state index in [0.29, 0.717) is 0 Å². The van der Waals surface area contributed by atoms with Crippen molar-refractivity contribution in [2.75, 3.05) is 4.90 Å². The van der Waals surface area contributed by atoms with Crippen LogP contribution in [-0.4, -0.2) is 21.7 Å². The molecule has 0 aliphatic carbocycles. The Bertz CT molecular complexity index is 905. The van der Waals surface area contributed by atoms with Gasteiger partial charge in [-0.05, 0) is 0 Å². The van der Waals surface area contributed by atoms with Gasteiger partial charge in [-0.2, -0.15) is 0 Å². The molecule has 0 fully saturated rings. The predicted octanol–water partition coefficient (Wildman–Crippen LogP) is 2.21. The van der Waals surface area contributed by atoms with Crippen molar-refractivity contribution < 1.29 is 17.0 Å². The summed E-state index contributed by atoms with van der Waals surface area (Å²) >= 11 is 1.98. The van der Waals surface area contributed by atoms with E-state index in [1.54, 1.807) is 0 Å². The van der Waals surface area contributed by atoms with Crippen LogP contribution in [0.4, 0.5) is 17.1 Å². The third-order valence-electron chi connectivity index (χ3n) is 5.58. The van der Waals surface area contributed by atoms with Crippen molar-refractivity contribution in [3.63, 3.8) is 0 Å². The van der Waals surface area contributed by atoms with Gasteiger partial charge < -0.3 is 17.0 Å². The van der Waals surface area contributed by atoms with Gasteiger partial charge in [-0.1, -0.05) is 0 Å². The van der Waals surface area contributed by atoms with E-state index < -0.39 is 0 Å². The Hall–Kier alpha value is -1.29. The zero-order valence-electron chi connectivity index (χ0n) is 15.8. The van der Waals surface area contributed by atoms with Gasteiger partial charge in [0.2, 0.25) is 0 Å². The summed E-state index contributed by atoms with van der Waals surface area (Å²) in [5, 5.41) is 0. The summed E-state index contributed by atoms with van der Waals surface area (Å²) < 4.78 is 1.41. The summed E-state index contributed by atoms with van der Waals surface area (Å²) in [6.45, 7) is 9.08. The van der Waals surface area contributed by atoms with Crippen LogP contribution in [0.1, 0.15) is 36.1 Å². The van der Waals surface area contributed by atoms with Crippen LogP contribution in [0.25, 0.3) is 0 Å². The van der Waals surface area contributed by atoms with E-state index in [1.165, 1.54) is 43.0 Å². The molecule has 3 heteroatoms.